The number of hydroxylamine groups is 1. The largest absolute Gasteiger partial charge is 0.421 e. The van der Waals surface area contributed by atoms with Crippen molar-refractivity contribution in [2.45, 2.75) is 96.2 Å². The van der Waals surface area contributed by atoms with Gasteiger partial charge < -0.3 is 9.74 Å². The second-order valence-electron chi connectivity index (χ2n) is 15.2. The maximum absolute atomic E-state index is 14.1. The van der Waals surface area contributed by atoms with E-state index < -0.39 is 26.1 Å². The average Bonchev–Trinajstić information content (AvgIpc) is 3.54. The van der Waals surface area contributed by atoms with Crippen molar-refractivity contribution in [3.63, 3.8) is 0 Å². The first-order chi connectivity index (χ1) is 22.8. The van der Waals surface area contributed by atoms with Gasteiger partial charge in [0.05, 0.1) is 12.6 Å². The van der Waals surface area contributed by atoms with Crippen molar-refractivity contribution in [3.8, 4) is 0 Å². The number of nitrogens with zero attached hydrogens (tertiary/aromatic N) is 5. The van der Waals surface area contributed by atoms with E-state index in [0.717, 1.165) is 50.1 Å². The van der Waals surface area contributed by atoms with Crippen LogP contribution in [-0.4, -0.2) is 54.5 Å². The monoisotopic (exact) mass is 682 g/mol. The Morgan fingerprint density at radius 3 is 2.40 bits per heavy atom. The van der Waals surface area contributed by atoms with Crippen LogP contribution in [0.25, 0.3) is 0 Å². The Morgan fingerprint density at radius 2 is 1.69 bits per heavy atom. The van der Waals surface area contributed by atoms with Gasteiger partial charge in [0.1, 0.15) is 11.4 Å². The van der Waals surface area contributed by atoms with E-state index >= 15 is 0 Å². The second-order valence-corrected chi connectivity index (χ2v) is 20.0. The molecule has 48 heavy (non-hydrogen) atoms. The Kier molecular flexibility index (Phi) is 10.2. The van der Waals surface area contributed by atoms with Crippen LogP contribution in [0.2, 0.25) is 18.1 Å². The topological polar surface area (TPSA) is 75.6 Å². The van der Waals surface area contributed by atoms with E-state index in [1.807, 2.05) is 36.4 Å². The van der Waals surface area contributed by atoms with Gasteiger partial charge >= 0.3 is 6.18 Å². The quantitative estimate of drug-likeness (QED) is 0.225. The first-order valence-corrected chi connectivity index (χ1v) is 20.2. The lowest BCUT2D eigenvalue weighted by atomic mass is 9.82. The molecule has 0 radical (unpaired) electrons. The van der Waals surface area contributed by atoms with Crippen LogP contribution >= 0.6 is 0 Å². The summed E-state index contributed by atoms with van der Waals surface area (Å²) in [6, 6.07) is 12.9. The molecule has 1 saturated heterocycles. The van der Waals surface area contributed by atoms with Crippen LogP contribution in [0.1, 0.15) is 81.3 Å². The number of aromatic nitrogens is 3. The summed E-state index contributed by atoms with van der Waals surface area (Å²) in [6.07, 6.45) is 2.52. The van der Waals surface area contributed by atoms with Gasteiger partial charge in [-0.15, -0.1) is 0 Å². The molecule has 3 aliphatic rings. The lowest BCUT2D eigenvalue weighted by Crippen LogP contribution is -2.42. The summed E-state index contributed by atoms with van der Waals surface area (Å²) < 4.78 is 48.8. The summed E-state index contributed by atoms with van der Waals surface area (Å²) in [5.74, 6) is 1.61. The zero-order chi connectivity index (χ0) is 34.1. The predicted octanol–water partition coefficient (Wildman–Crippen LogP) is 8.70. The van der Waals surface area contributed by atoms with Crippen LogP contribution in [0.4, 0.5) is 30.8 Å². The number of pyridine rings is 1. The number of rotatable bonds is 9. The van der Waals surface area contributed by atoms with Gasteiger partial charge in [0.15, 0.2) is 14.1 Å². The summed E-state index contributed by atoms with van der Waals surface area (Å²) in [6.45, 7) is 15.7. The molecule has 0 unspecified atom stereocenters. The van der Waals surface area contributed by atoms with Gasteiger partial charge in [-0.2, -0.15) is 18.2 Å². The summed E-state index contributed by atoms with van der Waals surface area (Å²) in [4.78, 5) is 21.4. The zero-order valence-corrected chi connectivity index (χ0v) is 29.8. The number of hydrogen-bond acceptors (Lipinski definition) is 8. The highest BCUT2D eigenvalue weighted by Gasteiger charge is 2.41. The zero-order valence-electron chi connectivity index (χ0n) is 28.8. The molecule has 12 heteroatoms. The van der Waals surface area contributed by atoms with Crippen molar-refractivity contribution in [1.29, 1.82) is 0 Å². The van der Waals surface area contributed by atoms with E-state index in [1.165, 1.54) is 36.3 Å². The second kappa shape index (κ2) is 14.0. The third kappa shape index (κ3) is 8.04. The molecule has 0 spiro atoms. The molecule has 1 N–H and O–H groups in total. The van der Waals surface area contributed by atoms with E-state index in [4.69, 9.17) is 14.2 Å². The van der Waals surface area contributed by atoms with Gasteiger partial charge in [0.2, 0.25) is 5.95 Å². The highest BCUT2D eigenvalue weighted by Crippen LogP contribution is 2.42. The van der Waals surface area contributed by atoms with E-state index in [9.17, 15) is 13.2 Å². The third-order valence-electron chi connectivity index (χ3n) is 10.7. The average molecular weight is 683 g/mol. The molecule has 4 heterocycles. The predicted molar refractivity (Wildman–Crippen MR) is 184 cm³/mol. The molecule has 1 aromatic carbocycles. The number of benzene rings is 1. The van der Waals surface area contributed by atoms with Crippen molar-refractivity contribution in [3.05, 3.63) is 71.0 Å². The Hall–Kier alpha value is -3.06. The van der Waals surface area contributed by atoms with Gasteiger partial charge in [-0.3, -0.25) is 9.74 Å². The third-order valence-corrected chi connectivity index (χ3v) is 15.2. The smallest absolute Gasteiger partial charge is 0.417 e. The highest BCUT2D eigenvalue weighted by atomic mass is 28.4. The molecule has 260 valence electrons. The first-order valence-electron chi connectivity index (χ1n) is 17.3. The van der Waals surface area contributed by atoms with Gasteiger partial charge in [0, 0.05) is 51.0 Å². The normalized spacial score (nSPS) is 22.5. The van der Waals surface area contributed by atoms with Crippen LogP contribution < -0.4 is 10.4 Å². The van der Waals surface area contributed by atoms with Crippen LogP contribution in [0.3, 0.4) is 0 Å². The standard InChI is InChI=1S/C36H49F3N6O2Si/c1-35(2,3)48(4,5)47-24-26-13-11-25(12-14-26)22-44-19-17-30-28(23-44)15-16-32(41-30)42-34-40-21-29(36(37,38)39)33(43-34)45-31(18-20-46-45)27-9-7-6-8-10-27/h6-10,15-16,21,25-26,31H,11-14,17-20,22-24H2,1-5H3,(H,40,41,42,43)/t25?,26?,31-/m0/s1. The van der Waals surface area contributed by atoms with Gasteiger partial charge in [-0.1, -0.05) is 57.2 Å². The number of nitrogens with one attached hydrogen (secondary N) is 1. The van der Waals surface area contributed by atoms with Crippen LogP contribution in [0.5, 0.6) is 0 Å². The lowest BCUT2D eigenvalue weighted by Gasteiger charge is -2.39. The summed E-state index contributed by atoms with van der Waals surface area (Å²) in [7, 11) is -1.71. The number of anilines is 3. The van der Waals surface area contributed by atoms with Crippen LogP contribution in [0.15, 0.2) is 48.7 Å². The molecular weight excluding hydrogens is 634 g/mol. The van der Waals surface area contributed by atoms with Crippen LogP contribution in [0, 0.1) is 11.8 Å². The fourth-order valence-electron chi connectivity index (χ4n) is 6.76. The van der Waals surface area contributed by atoms with E-state index in [2.05, 4.69) is 60.1 Å². The number of halogens is 3. The van der Waals surface area contributed by atoms with E-state index in [1.54, 1.807) is 0 Å². The van der Waals surface area contributed by atoms with Gasteiger partial charge in [0.25, 0.3) is 0 Å². The molecule has 6 rings (SSSR count). The minimum Gasteiger partial charge on any atom is -0.417 e. The van der Waals surface area contributed by atoms with Crippen molar-refractivity contribution in [2.75, 3.05) is 36.7 Å². The van der Waals surface area contributed by atoms with Gasteiger partial charge in [-0.05, 0) is 72.8 Å². The highest BCUT2D eigenvalue weighted by molar-refractivity contribution is 6.74. The van der Waals surface area contributed by atoms with E-state index in [-0.39, 0.29) is 16.8 Å². The molecule has 2 aliphatic heterocycles. The molecule has 0 bridgehead atoms. The number of fused-ring (bicyclic) bond motifs is 1. The minimum atomic E-state index is -4.64. The lowest BCUT2D eigenvalue weighted by molar-refractivity contribution is -0.138. The SMILES string of the molecule is CC(C)(C)[Si](C)(C)OCC1CCC(CN2CCc3nc(Nc4ncc(C(F)(F)F)c(N5OCC[C@H]5c5ccccc5)n4)ccc3C2)CC1. The van der Waals surface area contributed by atoms with Crippen molar-refractivity contribution in [2.24, 2.45) is 11.8 Å². The Bertz CT molecular complexity index is 1540. The molecule has 0 amide bonds. The van der Waals surface area contributed by atoms with E-state index in [0.29, 0.717) is 30.7 Å². The summed E-state index contributed by atoms with van der Waals surface area (Å²) >= 11 is 0. The minimum absolute atomic E-state index is 0.0375. The Balaban J connectivity index is 1.06. The van der Waals surface area contributed by atoms with Crippen molar-refractivity contribution < 1.29 is 22.4 Å². The van der Waals surface area contributed by atoms with Crippen LogP contribution in [-0.2, 0) is 28.4 Å². The maximum Gasteiger partial charge on any atom is 0.421 e. The van der Waals surface area contributed by atoms with Crippen molar-refractivity contribution >= 4 is 25.9 Å². The maximum atomic E-state index is 14.1. The molecule has 1 saturated carbocycles. The molecular formula is C36H49F3N6O2Si. The van der Waals surface area contributed by atoms with Gasteiger partial charge in [-0.25, -0.2) is 15.0 Å². The molecule has 8 nitrogen and oxygen atoms in total. The first kappa shape index (κ1) is 34.8. The summed E-state index contributed by atoms with van der Waals surface area (Å²) in [5, 5.41) is 4.57. The Morgan fingerprint density at radius 1 is 0.958 bits per heavy atom. The number of alkyl halides is 3. The molecule has 1 atom stereocenters. The molecule has 2 fully saturated rings. The molecule has 3 aromatic rings. The fourth-order valence-corrected chi connectivity index (χ4v) is 7.85. The molecule has 1 aliphatic carbocycles. The summed E-state index contributed by atoms with van der Waals surface area (Å²) in [5.41, 5.74) is 2.11. The molecule has 2 aromatic heterocycles. The Labute approximate surface area is 283 Å². The number of hydrogen-bond donors (Lipinski definition) is 1. The van der Waals surface area contributed by atoms with Crippen molar-refractivity contribution in [1.82, 2.24) is 19.9 Å². The fraction of sp³-hybridized carbons (Fsp3) is 0.583.